The summed E-state index contributed by atoms with van der Waals surface area (Å²) in [6.45, 7) is 15.4. The number of hydrogen-bond donors (Lipinski definition) is 0. The first-order chi connectivity index (χ1) is 23.3. The fraction of sp³-hybridized carbons (Fsp3) is 0.436. The van der Waals surface area contributed by atoms with Gasteiger partial charge in [-0.15, -0.1) is 13.2 Å². The van der Waals surface area contributed by atoms with E-state index >= 15 is 0 Å². The molecule has 8 nitrogen and oxygen atoms in total. The summed E-state index contributed by atoms with van der Waals surface area (Å²) in [5, 5.41) is 0. The van der Waals surface area contributed by atoms with Crippen molar-refractivity contribution in [1.29, 1.82) is 0 Å². The van der Waals surface area contributed by atoms with Gasteiger partial charge in [-0.1, -0.05) is 55.2 Å². The number of allylic oxidation sites excluding steroid dienone is 4. The largest absolute Gasteiger partial charge is 0.496 e. The van der Waals surface area contributed by atoms with E-state index in [2.05, 4.69) is 45.0 Å². The maximum Gasteiger partial charge on any atom is 0.309 e. The molecule has 0 radical (unpaired) electrons. The van der Waals surface area contributed by atoms with E-state index in [0.29, 0.717) is 35.8 Å². The van der Waals surface area contributed by atoms with E-state index in [9.17, 15) is 9.59 Å². The van der Waals surface area contributed by atoms with Gasteiger partial charge in [0.05, 0.1) is 47.0 Å². The predicted octanol–water partition coefficient (Wildman–Crippen LogP) is 10.4. The summed E-state index contributed by atoms with van der Waals surface area (Å²) in [6, 6.07) is 7.47. The fourth-order valence-corrected chi connectivity index (χ4v) is 5.85. The highest BCUT2D eigenvalue weighted by Gasteiger charge is 2.33. The number of rotatable bonds is 18. The third kappa shape index (κ3) is 14.9. The molecule has 0 N–H and O–H groups in total. The maximum absolute atomic E-state index is 12.5. The third-order valence-electron chi connectivity index (χ3n) is 7.41. The van der Waals surface area contributed by atoms with E-state index in [0.717, 1.165) is 50.5 Å². The molecule has 0 saturated heterocycles. The summed E-state index contributed by atoms with van der Waals surface area (Å²) in [7, 11) is 7.84. The lowest BCUT2D eigenvalue weighted by Gasteiger charge is -2.26. The van der Waals surface area contributed by atoms with Crippen LogP contribution in [-0.4, -0.2) is 53.6 Å². The Bertz CT molecular complexity index is 1410. The minimum Gasteiger partial charge on any atom is -0.496 e. The Balaban J connectivity index is 0.000000490. The topological polar surface area (TPSA) is 89.5 Å². The van der Waals surface area contributed by atoms with E-state index in [1.807, 2.05) is 76.3 Å². The average molecular weight is 809 g/mol. The molecule has 0 bridgehead atoms. The quantitative estimate of drug-likeness (QED) is 0.109. The van der Waals surface area contributed by atoms with Crippen molar-refractivity contribution in [3.05, 3.63) is 86.9 Å². The molecule has 49 heavy (non-hydrogen) atoms. The van der Waals surface area contributed by atoms with Gasteiger partial charge in [0.2, 0.25) is 0 Å². The van der Waals surface area contributed by atoms with Crippen molar-refractivity contribution >= 4 is 49.9 Å². The Morgan fingerprint density at radius 2 is 1.27 bits per heavy atom. The minimum atomic E-state index is -0.359. The average Bonchev–Trinajstić information content (AvgIpc) is 3.06. The zero-order valence-corrected chi connectivity index (χ0v) is 33.5. The van der Waals surface area contributed by atoms with E-state index in [1.165, 1.54) is 7.11 Å². The molecule has 0 aromatic heterocycles. The number of hydrogen-bond acceptors (Lipinski definition) is 8. The molecule has 0 aliphatic rings. The molecule has 3 atom stereocenters. The van der Waals surface area contributed by atoms with E-state index < -0.39 is 0 Å². The SMILES string of the molecule is C=C(C)CCCC(=O)O[C@@H](C)/C=C/c1c(OC)cc(Br)cc1OC.C=C(C)CC[C@@H](C(=O)OC)[C@@H](/C=C/C)c1c(OC)cc(Br)cc1OC. The number of methoxy groups -OCH3 is 5. The van der Waals surface area contributed by atoms with Crippen LogP contribution in [0.5, 0.6) is 23.0 Å². The van der Waals surface area contributed by atoms with Crippen molar-refractivity contribution in [2.24, 2.45) is 5.92 Å². The number of carbonyl (C=O) groups excluding carboxylic acids is 2. The Kier molecular flexibility index (Phi) is 20.4. The summed E-state index contributed by atoms with van der Waals surface area (Å²) < 4.78 is 34.1. The van der Waals surface area contributed by atoms with Crippen LogP contribution in [-0.2, 0) is 19.1 Å². The highest BCUT2D eigenvalue weighted by Crippen LogP contribution is 2.44. The maximum atomic E-state index is 12.5. The Labute approximate surface area is 309 Å². The summed E-state index contributed by atoms with van der Waals surface area (Å²) in [6.07, 6.45) is 10.6. The molecule has 0 amide bonds. The number of halogens is 2. The second-order valence-electron chi connectivity index (χ2n) is 11.5. The first kappa shape index (κ1) is 43.5. The number of esters is 2. The monoisotopic (exact) mass is 806 g/mol. The lowest BCUT2D eigenvalue weighted by Crippen LogP contribution is -2.24. The summed E-state index contributed by atoms with van der Waals surface area (Å²) in [5.41, 5.74) is 3.74. The van der Waals surface area contributed by atoms with Crippen LogP contribution in [0.1, 0.15) is 76.8 Å². The zero-order valence-electron chi connectivity index (χ0n) is 30.3. The molecule has 0 fully saturated rings. The Hall–Kier alpha value is -3.50. The van der Waals surface area contributed by atoms with Crippen molar-refractivity contribution in [3.8, 4) is 23.0 Å². The van der Waals surface area contributed by atoms with Gasteiger partial charge >= 0.3 is 11.9 Å². The number of ether oxygens (including phenoxy) is 6. The normalized spacial score (nSPS) is 12.7. The first-order valence-electron chi connectivity index (χ1n) is 16.0. The molecule has 0 saturated carbocycles. The second kappa shape index (κ2) is 23.0. The third-order valence-corrected chi connectivity index (χ3v) is 8.32. The predicted molar refractivity (Wildman–Crippen MR) is 205 cm³/mol. The molecule has 2 rings (SSSR count). The molecular formula is C39H52Br2O8. The summed E-state index contributed by atoms with van der Waals surface area (Å²) in [5.74, 6) is 1.64. The van der Waals surface area contributed by atoms with Crippen LogP contribution >= 0.6 is 31.9 Å². The molecule has 0 aliphatic heterocycles. The van der Waals surface area contributed by atoms with Crippen molar-refractivity contribution in [2.75, 3.05) is 35.5 Å². The molecule has 270 valence electrons. The first-order valence-corrected chi connectivity index (χ1v) is 17.5. The highest BCUT2D eigenvalue weighted by atomic mass is 79.9. The molecule has 0 aliphatic carbocycles. The Morgan fingerprint density at radius 3 is 1.69 bits per heavy atom. The smallest absolute Gasteiger partial charge is 0.309 e. The van der Waals surface area contributed by atoms with Crippen molar-refractivity contribution < 1.29 is 38.0 Å². The van der Waals surface area contributed by atoms with E-state index in [1.54, 1.807) is 28.4 Å². The van der Waals surface area contributed by atoms with Gasteiger partial charge in [-0.3, -0.25) is 9.59 Å². The van der Waals surface area contributed by atoms with E-state index in [4.69, 9.17) is 28.4 Å². The van der Waals surface area contributed by atoms with Crippen LogP contribution < -0.4 is 18.9 Å². The minimum absolute atomic E-state index is 0.205. The Morgan fingerprint density at radius 1 is 0.776 bits per heavy atom. The van der Waals surface area contributed by atoms with Crippen LogP contribution in [0.25, 0.3) is 6.08 Å². The van der Waals surface area contributed by atoms with Crippen LogP contribution in [0.3, 0.4) is 0 Å². The van der Waals surface area contributed by atoms with Gasteiger partial charge in [0, 0.05) is 26.8 Å². The lowest BCUT2D eigenvalue weighted by atomic mass is 9.81. The standard InChI is InChI=1S/C20H27BrO4.C19H25BrO4/c1-7-8-15(16(20(22)25-6)10-9-13(2)3)19-17(23-4)11-14(21)12-18(19)24-5;1-13(2)7-6-8-19(21)24-14(3)9-10-16-17(22-4)11-15(20)12-18(16)23-5/h7-8,11-12,15-16H,2,9-10H2,1,3-6H3;9-12,14H,1,6-8H2,2-5H3/b8-7+;10-9+/t15-,16-;14-/m10/s1. The van der Waals surface area contributed by atoms with Gasteiger partial charge in [-0.25, -0.2) is 0 Å². The van der Waals surface area contributed by atoms with Gasteiger partial charge < -0.3 is 28.4 Å². The zero-order chi connectivity index (χ0) is 37.1. The molecule has 0 heterocycles. The van der Waals surface area contributed by atoms with Crippen LogP contribution in [0.2, 0.25) is 0 Å². The second-order valence-corrected chi connectivity index (χ2v) is 13.3. The van der Waals surface area contributed by atoms with Gasteiger partial charge in [-0.2, -0.15) is 0 Å². The fourth-order valence-electron chi connectivity index (χ4n) is 5.01. The molecule has 2 aromatic carbocycles. The molecule has 2 aromatic rings. The lowest BCUT2D eigenvalue weighted by molar-refractivity contribution is -0.147. The van der Waals surface area contributed by atoms with Gasteiger partial charge in [0.15, 0.2) is 0 Å². The van der Waals surface area contributed by atoms with Crippen molar-refractivity contribution in [2.45, 2.75) is 71.8 Å². The van der Waals surface area contributed by atoms with Crippen molar-refractivity contribution in [1.82, 2.24) is 0 Å². The van der Waals surface area contributed by atoms with Crippen LogP contribution in [0, 0.1) is 5.92 Å². The van der Waals surface area contributed by atoms with Gasteiger partial charge in [-0.05, 0) is 89.8 Å². The van der Waals surface area contributed by atoms with E-state index in [-0.39, 0.29) is 29.9 Å². The van der Waals surface area contributed by atoms with Crippen molar-refractivity contribution in [3.63, 3.8) is 0 Å². The van der Waals surface area contributed by atoms with Gasteiger partial charge in [0.1, 0.15) is 29.1 Å². The summed E-state index contributed by atoms with van der Waals surface area (Å²) in [4.78, 5) is 24.3. The number of carbonyl (C=O) groups is 2. The van der Waals surface area contributed by atoms with Crippen LogP contribution in [0.4, 0.5) is 0 Å². The molecular weight excluding hydrogens is 756 g/mol. The van der Waals surface area contributed by atoms with Crippen LogP contribution in [0.15, 0.2) is 75.7 Å². The summed E-state index contributed by atoms with van der Waals surface area (Å²) >= 11 is 6.88. The molecule has 0 unspecified atom stereocenters. The number of benzene rings is 2. The van der Waals surface area contributed by atoms with Gasteiger partial charge in [0.25, 0.3) is 0 Å². The highest BCUT2D eigenvalue weighted by molar-refractivity contribution is 9.10. The molecule has 0 spiro atoms. The molecule has 10 heteroatoms.